The van der Waals surface area contributed by atoms with Crippen LogP contribution in [0.25, 0.3) is 261 Å². The van der Waals surface area contributed by atoms with Gasteiger partial charge in [0, 0.05) is 0 Å². The molecule has 0 saturated heterocycles. The van der Waals surface area contributed by atoms with Gasteiger partial charge in [-0.15, -0.1) is 0 Å². The first-order valence-electron chi connectivity index (χ1n) is 47.4. The second-order valence-corrected chi connectivity index (χ2v) is 38.1. The predicted octanol–water partition coefficient (Wildman–Crippen LogP) is 27.7. The van der Waals surface area contributed by atoms with Crippen molar-refractivity contribution < 1.29 is 0 Å². The van der Waals surface area contributed by atoms with Gasteiger partial charge < -0.3 is 0 Å². The quantitative estimate of drug-likeness (QED) is 0.146. The predicted molar refractivity (Wildman–Crippen MR) is 565 cm³/mol. The Labute approximate surface area is 798 Å². The molecular weight excluding hydrogens is 1740 g/mol. The minimum Gasteiger partial charge on any atom is -0.276 e. The fraction of sp³-hybridized carbons (Fsp3) is 0.0588. The number of benzene rings is 17. The molecule has 22 nitrogen and oxygen atoms in total. The molecule has 0 saturated carbocycles. The average molecular weight is 1810 g/mol. The van der Waals surface area contributed by atoms with Crippen molar-refractivity contribution in [2.75, 3.05) is 0 Å². The van der Waals surface area contributed by atoms with Gasteiger partial charge in [-0.3, -0.25) is 35.2 Å². The molecule has 0 bridgehead atoms. The molecule has 0 spiro atoms. The summed E-state index contributed by atoms with van der Waals surface area (Å²) in [5.41, 5.74) is 44.9. The molecule has 141 heavy (non-hydrogen) atoms. The molecule has 0 atom stereocenters. The van der Waals surface area contributed by atoms with E-state index in [2.05, 4.69) is 323 Å². The van der Waals surface area contributed by atoms with Gasteiger partial charge in [-0.05, 0) is 236 Å². The van der Waals surface area contributed by atoms with E-state index < -0.39 is 0 Å². The number of hydrogen-bond donors (Lipinski definition) is 0. The molecule has 0 fully saturated rings. The van der Waals surface area contributed by atoms with Gasteiger partial charge in [0.05, 0.1) is 151 Å². The van der Waals surface area contributed by atoms with E-state index in [0.29, 0.717) is 17.2 Å². The molecule has 0 aliphatic rings. The Morgan fingerprint density at radius 1 is 0.241 bits per heavy atom. The fourth-order valence-corrected chi connectivity index (χ4v) is 22.9. The lowest BCUT2D eigenvalue weighted by molar-refractivity contribution is 0.592. The maximum absolute atomic E-state index is 9.79. The Kier molecular flexibility index (Phi) is 15.9. The van der Waals surface area contributed by atoms with Crippen LogP contribution in [0.4, 0.5) is 5.69 Å². The van der Waals surface area contributed by atoms with Crippen LogP contribution in [-0.2, 0) is 5.41 Å². The monoisotopic (exact) mass is 1810 g/mol. The van der Waals surface area contributed by atoms with Crippen LogP contribution in [0.1, 0.15) is 57.2 Å². The number of nitrogens with zero attached hydrogens (tertiary/aromatic N) is 22. The van der Waals surface area contributed by atoms with Crippen molar-refractivity contribution in [2.45, 2.75) is 46.0 Å². The van der Waals surface area contributed by atoms with Crippen molar-refractivity contribution in [1.82, 2.24) is 92.7 Å². The number of imidazole rings is 16. The van der Waals surface area contributed by atoms with Crippen molar-refractivity contribution in [1.29, 1.82) is 5.26 Å². The third-order valence-electron chi connectivity index (χ3n) is 28.9. The van der Waals surface area contributed by atoms with Crippen LogP contribution in [-0.4, -0.2) is 92.7 Å². The number of rotatable bonds is 6. The first-order chi connectivity index (χ1) is 69.3. The lowest BCUT2D eigenvalue weighted by Gasteiger charge is -2.23. The second kappa shape index (κ2) is 28.6. The van der Waals surface area contributed by atoms with Gasteiger partial charge in [-0.2, -0.15) is 5.26 Å². The molecule has 0 N–H and O–H groups in total. The summed E-state index contributed by atoms with van der Waals surface area (Å²) in [6.45, 7) is 19.0. The van der Waals surface area contributed by atoms with Crippen molar-refractivity contribution in [3.05, 3.63) is 392 Å². The Bertz CT molecular complexity index is 10700. The largest absolute Gasteiger partial charge is 0.276 e. The zero-order valence-corrected chi connectivity index (χ0v) is 76.6. The number of aromatic nitrogens is 20. The Hall–Kier alpha value is -19.3. The van der Waals surface area contributed by atoms with Crippen LogP contribution in [0.2, 0.25) is 0 Å². The molecule has 662 valence electrons. The molecule has 33 rings (SSSR count). The van der Waals surface area contributed by atoms with E-state index in [1.54, 1.807) is 0 Å². The molecule has 0 aliphatic heterocycles. The van der Waals surface area contributed by atoms with Gasteiger partial charge in [0.1, 0.15) is 22.1 Å². The Morgan fingerprint density at radius 2 is 0.496 bits per heavy atom. The summed E-state index contributed by atoms with van der Waals surface area (Å²) in [6.07, 6.45) is 0. The fourth-order valence-electron chi connectivity index (χ4n) is 22.9. The summed E-state index contributed by atoms with van der Waals surface area (Å²) in [4.78, 5) is 44.1. The van der Waals surface area contributed by atoms with Crippen LogP contribution in [0.5, 0.6) is 0 Å². The van der Waals surface area contributed by atoms with Crippen LogP contribution in [0.3, 0.4) is 0 Å². The summed E-state index contributed by atoms with van der Waals surface area (Å²) in [6, 6.07) is 128. The number of para-hydroxylation sites is 17. The molecule has 16 aromatic heterocycles. The molecule has 0 radical (unpaired) electrons. The topological polar surface area (TPSA) is 184 Å². The van der Waals surface area contributed by atoms with Crippen molar-refractivity contribution in [3.8, 4) is 61.7 Å². The van der Waals surface area contributed by atoms with Crippen LogP contribution < -0.4 is 0 Å². The molecule has 16 heterocycles. The maximum atomic E-state index is 9.79. The highest BCUT2D eigenvalue weighted by molar-refractivity contribution is 6.12. The summed E-state index contributed by atoms with van der Waals surface area (Å²) in [5, 5.41) is 9.79. The van der Waals surface area contributed by atoms with Gasteiger partial charge in [0.25, 0.3) is 0 Å². The highest BCUT2D eigenvalue weighted by Gasteiger charge is 2.33. The standard InChI is InChI=1S/C33H18N6.C30H23N5.C29H21N5.C27H14N6/c34-19-20-14-15-23(21-8-2-1-3-9-21)24(16-20)22-17-29-31-30(18-22)38-28-13-7-5-11-26(28)36-33(38)39(31)32-35-25-10-4-6-12-27(25)37(29)32;1-30(2,3)20-11-5-4-10-19(20)18-16-25-27-26(17-18)34-24-15-9-7-13-22(24)32-29(34)35(27)28-31-21-12-6-8-14-23(21)33(25)28;1-17(2)19-9-3-4-10-20(19)18-15-25-27-26(16-18)33-24-14-8-6-12-22(24)31-29(33)34(27)28-30-21-11-5-7-13-23(21)32(25)28;1-28-18-9-3-2-8-17(18)16-14-23-25-24(15-16)32-22-13-7-5-11-20(22)30-27(32)33(25)26-29-19-10-4-6-12-21(19)31(23)26/h1-18H;4-17H,1-3H3;3-17H,1-2H3;2-15H. The SMILES string of the molecule is CC(C)(C)c1ccccc1-c1cc2c3c(c1)n1c4ccccc4nc1n3c1nc3ccccc3n21.CC(C)c1ccccc1-c1cc2c3c(c1)n1c4ccccc4nc1n3c1nc3ccccc3n21.N#Cc1ccc(-c2ccccc2)c(-c2cc3c4c(c2)n2c5ccccc5nc2n4c2nc4ccccc4n32)c1.[C-]#[N+]c1ccccc1-c1cc2c3c(c1)n1c4ccccc4nc1n3c1nc3ccccc3n21. The lowest BCUT2D eigenvalue weighted by atomic mass is 9.82. The molecule has 17 aromatic carbocycles. The van der Waals surface area contributed by atoms with Crippen molar-refractivity contribution in [3.63, 3.8) is 0 Å². The minimum atomic E-state index is 0.0295. The zero-order valence-electron chi connectivity index (χ0n) is 76.6. The van der Waals surface area contributed by atoms with Crippen molar-refractivity contribution >= 4 is 206 Å². The Morgan fingerprint density at radius 3 is 0.801 bits per heavy atom. The van der Waals surface area contributed by atoms with Gasteiger partial charge in [0.15, 0.2) is 5.69 Å². The van der Waals surface area contributed by atoms with E-state index in [0.717, 1.165) is 234 Å². The first-order valence-corrected chi connectivity index (χ1v) is 47.4. The van der Waals surface area contributed by atoms with Crippen LogP contribution in [0, 0.1) is 17.9 Å². The van der Waals surface area contributed by atoms with E-state index >= 15 is 0 Å². The molecule has 0 aliphatic carbocycles. The number of fused-ring (bicyclic) bond motifs is 40. The number of nitriles is 1. The highest BCUT2D eigenvalue weighted by Crippen LogP contribution is 2.47. The van der Waals surface area contributed by atoms with Crippen LogP contribution >= 0.6 is 0 Å². The summed E-state index contributed by atoms with van der Waals surface area (Å²) in [7, 11) is 0. The van der Waals surface area contributed by atoms with E-state index in [4.69, 9.17) is 46.4 Å². The lowest BCUT2D eigenvalue weighted by Crippen LogP contribution is -2.12. The third kappa shape index (κ3) is 10.8. The molecular formula is C119H76N22. The van der Waals surface area contributed by atoms with E-state index in [1.807, 2.05) is 140 Å². The average Bonchev–Trinajstić information content (AvgIpc) is 1.53. The van der Waals surface area contributed by atoms with E-state index in [-0.39, 0.29) is 5.41 Å². The normalized spacial score (nSPS) is 12.5. The van der Waals surface area contributed by atoms with E-state index in [9.17, 15) is 5.26 Å². The molecule has 33 aromatic rings. The zero-order chi connectivity index (χ0) is 93.4. The second-order valence-electron chi connectivity index (χ2n) is 38.1. The number of hydrogen-bond acceptors (Lipinski definition) is 9. The Balaban J connectivity index is 0.0000000883. The minimum absolute atomic E-state index is 0.0295. The van der Waals surface area contributed by atoms with Gasteiger partial charge in [-0.25, -0.2) is 62.3 Å². The third-order valence-corrected chi connectivity index (χ3v) is 28.9. The van der Waals surface area contributed by atoms with Crippen molar-refractivity contribution in [2.24, 2.45) is 0 Å². The van der Waals surface area contributed by atoms with Crippen LogP contribution in [0.15, 0.2) is 364 Å². The van der Waals surface area contributed by atoms with Gasteiger partial charge in [0.2, 0.25) is 46.2 Å². The summed E-state index contributed by atoms with van der Waals surface area (Å²) in [5.74, 6) is 7.41. The van der Waals surface area contributed by atoms with Gasteiger partial charge >= 0.3 is 0 Å². The highest BCUT2D eigenvalue weighted by atomic mass is 15.3. The maximum Gasteiger partial charge on any atom is 0.223 e. The molecule has 0 amide bonds. The summed E-state index contributed by atoms with van der Waals surface area (Å²) < 4.78 is 26.8. The smallest absolute Gasteiger partial charge is 0.223 e. The molecule has 0 unspecified atom stereocenters. The molecule has 22 heteroatoms. The first kappa shape index (κ1) is 78.1. The summed E-state index contributed by atoms with van der Waals surface area (Å²) >= 11 is 0. The van der Waals surface area contributed by atoms with E-state index in [1.165, 1.54) is 33.4 Å². The van der Waals surface area contributed by atoms with Gasteiger partial charge in [-0.1, -0.05) is 241 Å².